The van der Waals surface area contributed by atoms with Gasteiger partial charge in [0.05, 0.1) is 0 Å². The fraction of sp³-hybridized carbons (Fsp3) is 0.429. The van der Waals surface area contributed by atoms with E-state index in [0.717, 1.165) is 4.26 Å². The molecule has 0 unspecified atom stereocenters. The van der Waals surface area contributed by atoms with Gasteiger partial charge in [-0.05, 0) is 0 Å². The van der Waals surface area contributed by atoms with Crippen LogP contribution in [-0.2, 0) is 11.3 Å². The molecule has 2 aromatic rings. The van der Waals surface area contributed by atoms with Crippen molar-refractivity contribution in [2.45, 2.75) is 32.9 Å². The molecule has 0 aliphatic carbocycles. The average Bonchev–Trinajstić information content (AvgIpc) is 2.65. The number of nitrogens with zero attached hydrogens (tertiary/aromatic N) is 1. The van der Waals surface area contributed by atoms with Gasteiger partial charge in [-0.25, -0.2) is 0 Å². The molecule has 0 saturated carbocycles. The first-order valence-corrected chi connectivity index (χ1v) is 8.52. The van der Waals surface area contributed by atoms with Crippen LogP contribution >= 0.6 is 11.6 Å². The topological polar surface area (TPSA) is 60.3 Å². The molecule has 1 aromatic heterocycles. The van der Waals surface area contributed by atoms with Gasteiger partial charge in [-0.2, -0.15) is 0 Å². The summed E-state index contributed by atoms with van der Waals surface area (Å²) in [5, 5.41) is 3.88. The Labute approximate surface area is 133 Å². The van der Waals surface area contributed by atoms with E-state index in [0.29, 0.717) is 23.5 Å². The molecule has 0 bridgehead atoms. The Morgan fingerprint density at radius 1 is 1.43 bits per heavy atom. The average molecular weight is 376 g/mol. The van der Waals surface area contributed by atoms with Gasteiger partial charge in [-0.15, -0.1) is 0 Å². The van der Waals surface area contributed by atoms with Crippen LogP contribution in [0.25, 0.3) is 9.65 Å². The van der Waals surface area contributed by atoms with Crippen molar-refractivity contribution in [2.24, 2.45) is 0 Å². The summed E-state index contributed by atoms with van der Waals surface area (Å²) < 4.78 is 7.90. The molecule has 0 saturated heterocycles. The molecular weight excluding hydrogens is 359 g/mol. The van der Waals surface area contributed by atoms with Gasteiger partial charge in [-0.3, -0.25) is 0 Å². The van der Waals surface area contributed by atoms with Crippen molar-refractivity contribution in [1.82, 2.24) is 8.88 Å². The number of carbonyl (C=O) groups excluding carboxylic acids is 1. The Kier molecular flexibility index (Phi) is 4.81. The first-order valence-electron chi connectivity index (χ1n) is 6.52. The van der Waals surface area contributed by atoms with Gasteiger partial charge in [0, 0.05) is 0 Å². The first-order chi connectivity index (χ1) is 9.76. The number of benzene rings is 1. The molecule has 7 heteroatoms. The van der Waals surface area contributed by atoms with Crippen LogP contribution < -0.4 is 10.9 Å². The molecule has 1 amide bonds. The summed E-state index contributed by atoms with van der Waals surface area (Å²) in [6, 6.07) is 5.37. The zero-order chi connectivity index (χ0) is 15.6. The van der Waals surface area contributed by atoms with Crippen LogP contribution in [0.5, 0.6) is 0 Å². The van der Waals surface area contributed by atoms with Crippen molar-refractivity contribution in [1.29, 1.82) is 0 Å². The summed E-state index contributed by atoms with van der Waals surface area (Å²) in [5.74, 6) is 0. The summed E-state index contributed by atoms with van der Waals surface area (Å²) in [4.78, 5) is 23.7. The molecular formula is C14H17ClN2O3Se. The minimum atomic E-state index is -0.523. The Balaban J connectivity index is 2.00. The Morgan fingerprint density at radius 3 is 2.81 bits per heavy atom. The number of carbonyl (C=O) groups is 1. The van der Waals surface area contributed by atoms with E-state index >= 15 is 0 Å². The summed E-state index contributed by atoms with van der Waals surface area (Å²) in [5.41, 5.74) is -0.553. The van der Waals surface area contributed by atoms with Crippen LogP contribution in [0.3, 0.4) is 0 Å². The summed E-state index contributed by atoms with van der Waals surface area (Å²) >= 11 is 5.84. The van der Waals surface area contributed by atoms with Gasteiger partial charge in [0.2, 0.25) is 0 Å². The number of alkyl carbamates (subject to hydrolysis) is 1. The molecule has 114 valence electrons. The van der Waals surface area contributed by atoms with E-state index in [2.05, 4.69) is 5.32 Å². The third-order valence-electron chi connectivity index (χ3n) is 2.59. The maximum absolute atomic E-state index is 12.2. The van der Waals surface area contributed by atoms with Crippen LogP contribution in [0.1, 0.15) is 20.8 Å². The number of nitrogens with one attached hydrogen (secondary N) is 1. The van der Waals surface area contributed by atoms with E-state index in [9.17, 15) is 9.59 Å². The van der Waals surface area contributed by atoms with Crippen LogP contribution in [-0.4, -0.2) is 36.5 Å². The molecule has 0 fully saturated rings. The van der Waals surface area contributed by atoms with Gasteiger partial charge < -0.3 is 0 Å². The predicted octanol–water partition coefficient (Wildman–Crippen LogP) is 2.24. The van der Waals surface area contributed by atoms with Gasteiger partial charge in [0.1, 0.15) is 0 Å². The normalized spacial score (nSPS) is 11.6. The Hall–Kier alpha value is -1.23. The molecule has 0 aliphatic rings. The Bertz CT molecular complexity index is 715. The first kappa shape index (κ1) is 16.1. The van der Waals surface area contributed by atoms with E-state index in [4.69, 9.17) is 16.3 Å². The molecule has 0 radical (unpaired) electrons. The zero-order valence-electron chi connectivity index (χ0n) is 12.1. The number of aromatic nitrogens is 1. The van der Waals surface area contributed by atoms with Crippen LogP contribution in [0.15, 0.2) is 23.0 Å². The predicted molar refractivity (Wildman–Crippen MR) is 84.4 cm³/mol. The minimum absolute atomic E-state index is 0.0292. The molecule has 1 aromatic carbocycles. The SMILES string of the molecule is CC(C)(C)OC(=O)NCCn1[se]c2ccc(Cl)cc2c1=O. The van der Waals surface area contributed by atoms with Crippen molar-refractivity contribution in [3.05, 3.63) is 33.6 Å². The molecule has 5 nitrogen and oxygen atoms in total. The number of halogens is 1. The fourth-order valence-corrected chi connectivity index (χ4v) is 3.98. The number of fused-ring (bicyclic) bond motifs is 1. The summed E-state index contributed by atoms with van der Waals surface area (Å²) in [6.07, 6.45) is -0.470. The summed E-state index contributed by atoms with van der Waals surface area (Å²) in [7, 11) is 0. The second-order valence-electron chi connectivity index (χ2n) is 5.57. The number of hydrogen-bond donors (Lipinski definition) is 1. The standard InChI is InChI=1S/C14H17ClN2O3Se/c1-14(2,3)20-13(19)16-6-7-17-12(18)10-8-9(15)4-5-11(10)21-17/h4-5,8H,6-7H2,1-3H3,(H,16,19). The number of amides is 1. The maximum atomic E-state index is 12.2. The number of hydrogen-bond acceptors (Lipinski definition) is 3. The van der Waals surface area contributed by atoms with E-state index < -0.39 is 11.7 Å². The van der Waals surface area contributed by atoms with Gasteiger partial charge in [0.25, 0.3) is 0 Å². The van der Waals surface area contributed by atoms with Crippen molar-refractivity contribution >= 4 is 42.1 Å². The third-order valence-corrected chi connectivity index (χ3v) is 5.18. The van der Waals surface area contributed by atoms with Crippen LogP contribution in [0.4, 0.5) is 4.79 Å². The molecule has 0 atom stereocenters. The molecule has 1 N–H and O–H groups in total. The van der Waals surface area contributed by atoms with Crippen molar-refractivity contribution < 1.29 is 9.53 Å². The zero-order valence-corrected chi connectivity index (χ0v) is 14.6. The van der Waals surface area contributed by atoms with Crippen molar-refractivity contribution in [3.63, 3.8) is 0 Å². The van der Waals surface area contributed by atoms with Gasteiger partial charge in [-0.1, -0.05) is 0 Å². The quantitative estimate of drug-likeness (QED) is 0.837. The third kappa shape index (κ3) is 4.37. The monoisotopic (exact) mass is 376 g/mol. The van der Waals surface area contributed by atoms with Crippen LogP contribution in [0, 0.1) is 0 Å². The number of ether oxygens (including phenoxy) is 1. The Morgan fingerprint density at radius 2 is 2.14 bits per heavy atom. The molecule has 2 rings (SSSR count). The number of rotatable bonds is 3. The second-order valence-corrected chi connectivity index (χ2v) is 8.23. The summed E-state index contributed by atoms with van der Waals surface area (Å²) in [6.45, 7) is 6.24. The van der Waals surface area contributed by atoms with E-state index in [1.54, 1.807) is 36.5 Å². The van der Waals surface area contributed by atoms with Crippen molar-refractivity contribution in [3.8, 4) is 0 Å². The van der Waals surface area contributed by atoms with Gasteiger partial charge in [0.15, 0.2) is 0 Å². The van der Waals surface area contributed by atoms with E-state index in [1.165, 1.54) is 0 Å². The fourth-order valence-electron chi connectivity index (χ4n) is 1.76. The second kappa shape index (κ2) is 6.26. The van der Waals surface area contributed by atoms with Gasteiger partial charge >= 0.3 is 134 Å². The van der Waals surface area contributed by atoms with E-state index in [1.807, 2.05) is 6.07 Å². The molecule has 0 aliphatic heterocycles. The molecule has 1 heterocycles. The van der Waals surface area contributed by atoms with Crippen LogP contribution in [0.2, 0.25) is 5.02 Å². The van der Waals surface area contributed by atoms with Crippen molar-refractivity contribution in [2.75, 3.05) is 6.54 Å². The molecule has 21 heavy (non-hydrogen) atoms. The van der Waals surface area contributed by atoms with E-state index in [-0.39, 0.29) is 20.3 Å². The molecule has 0 spiro atoms.